The maximum absolute atomic E-state index is 3.67. The zero-order valence-corrected chi connectivity index (χ0v) is 9.42. The minimum absolute atomic E-state index is 0. The molecule has 1 rings (SSSR count). The van der Waals surface area contributed by atoms with Gasteiger partial charge in [0.2, 0.25) is 0 Å². The Hall–Kier alpha value is 0.130. The van der Waals surface area contributed by atoms with Gasteiger partial charge in [-0.3, -0.25) is 0 Å². The van der Waals surface area contributed by atoms with Crippen LogP contribution >= 0.6 is 34.0 Å². The molecule has 0 bridgehead atoms. The Labute approximate surface area is 82.2 Å². The second-order valence-corrected chi connectivity index (χ2v) is 1.26. The van der Waals surface area contributed by atoms with Gasteiger partial charge in [-0.15, -0.1) is 34.0 Å². The van der Waals surface area contributed by atoms with Gasteiger partial charge in [0, 0.05) is 12.4 Å². The molecule has 2 N–H and O–H groups in total. The third-order valence-corrected chi connectivity index (χ3v) is 0.406. The molecule has 3 nitrogen and oxygen atoms in total. The molecule has 0 fully saturated rings. The highest BCUT2D eigenvalue weighted by Crippen LogP contribution is 1.62. The van der Waals surface area contributed by atoms with Crippen molar-refractivity contribution in [3.05, 3.63) is 18.7 Å². The van der Waals surface area contributed by atoms with Crippen molar-refractivity contribution in [3.8, 4) is 0 Å². The zero-order chi connectivity index (χ0) is 6.24. The Bertz CT molecular complexity index is 81.8. The van der Waals surface area contributed by atoms with E-state index in [-0.39, 0.29) is 34.0 Å². The third kappa shape index (κ3) is 15.7. The van der Waals surface area contributed by atoms with E-state index in [1.807, 2.05) is 14.1 Å². The van der Waals surface area contributed by atoms with Gasteiger partial charge in [0.05, 0.1) is 6.33 Å². The molecule has 0 amide bonds. The van der Waals surface area contributed by atoms with E-state index in [1.165, 1.54) is 0 Å². The molecule has 0 radical (unpaired) electrons. The number of halogens is 2. The van der Waals surface area contributed by atoms with Crippen LogP contribution in [0.1, 0.15) is 0 Å². The highest BCUT2D eigenvalue weighted by molar-refractivity contribution is 8.93. The number of hydrogen-bond acceptors (Lipinski definition) is 2. The number of rotatable bonds is 0. The van der Waals surface area contributed by atoms with Crippen molar-refractivity contribution in [1.82, 2.24) is 15.3 Å². The topological polar surface area (TPSA) is 40.7 Å². The molecule has 62 valence electrons. The predicted octanol–water partition coefficient (Wildman–Crippen LogP) is 1.40. The number of aromatic nitrogens is 2. The SMILES string of the molecule is Br.Br.CNC.c1c[nH]cn1. The van der Waals surface area contributed by atoms with Crippen molar-refractivity contribution in [2.24, 2.45) is 0 Å². The molecular weight excluding hydrogens is 262 g/mol. The molecule has 1 heterocycles. The van der Waals surface area contributed by atoms with Crippen molar-refractivity contribution in [1.29, 1.82) is 0 Å². The fourth-order valence-corrected chi connectivity index (χ4v) is 0.215. The normalized spacial score (nSPS) is 5.80. The number of aromatic amines is 1. The van der Waals surface area contributed by atoms with Crippen molar-refractivity contribution in [2.45, 2.75) is 0 Å². The van der Waals surface area contributed by atoms with E-state index >= 15 is 0 Å². The molecule has 0 aliphatic carbocycles. The van der Waals surface area contributed by atoms with Crippen LogP contribution in [0, 0.1) is 0 Å². The van der Waals surface area contributed by atoms with Gasteiger partial charge in [0.15, 0.2) is 0 Å². The smallest absolute Gasteiger partial charge is 0.0919 e. The minimum atomic E-state index is 0. The van der Waals surface area contributed by atoms with E-state index in [0.29, 0.717) is 0 Å². The number of hydrogen-bond donors (Lipinski definition) is 2. The Kier molecular flexibility index (Phi) is 26.7. The van der Waals surface area contributed by atoms with Gasteiger partial charge in [-0.1, -0.05) is 0 Å². The van der Waals surface area contributed by atoms with Crippen LogP contribution in [-0.2, 0) is 0 Å². The van der Waals surface area contributed by atoms with E-state index in [1.54, 1.807) is 18.7 Å². The van der Waals surface area contributed by atoms with Crippen LogP contribution < -0.4 is 5.32 Å². The summed E-state index contributed by atoms with van der Waals surface area (Å²) < 4.78 is 0. The fraction of sp³-hybridized carbons (Fsp3) is 0.400. The fourth-order valence-electron chi connectivity index (χ4n) is 0.215. The number of H-pyrrole nitrogens is 1. The van der Waals surface area contributed by atoms with Crippen molar-refractivity contribution in [2.75, 3.05) is 14.1 Å². The Balaban J connectivity index is -0.0000000900. The summed E-state index contributed by atoms with van der Waals surface area (Å²) in [6.07, 6.45) is 5.08. The molecule has 0 saturated carbocycles. The van der Waals surface area contributed by atoms with Gasteiger partial charge in [-0.05, 0) is 14.1 Å². The van der Waals surface area contributed by atoms with Crippen LogP contribution in [0.4, 0.5) is 0 Å². The molecule has 0 aliphatic rings. The summed E-state index contributed by atoms with van der Waals surface area (Å²) in [5, 5.41) is 2.75. The molecule has 5 heteroatoms. The lowest BCUT2D eigenvalue weighted by Gasteiger charge is -1.59. The molecule has 0 spiro atoms. The van der Waals surface area contributed by atoms with E-state index in [4.69, 9.17) is 0 Å². The lowest BCUT2D eigenvalue weighted by molar-refractivity contribution is 1.02. The van der Waals surface area contributed by atoms with Crippen LogP contribution in [0.15, 0.2) is 18.7 Å². The minimum Gasteiger partial charge on any atom is -0.351 e. The Morgan fingerprint density at radius 1 is 1.30 bits per heavy atom. The van der Waals surface area contributed by atoms with E-state index in [2.05, 4.69) is 15.3 Å². The maximum atomic E-state index is 3.67. The highest BCUT2D eigenvalue weighted by atomic mass is 79.9. The lowest BCUT2D eigenvalue weighted by atomic mass is 11.0. The summed E-state index contributed by atoms with van der Waals surface area (Å²) in [5.41, 5.74) is 0. The molecule has 0 aromatic carbocycles. The average molecular weight is 275 g/mol. The van der Waals surface area contributed by atoms with Gasteiger partial charge in [0.1, 0.15) is 0 Å². The van der Waals surface area contributed by atoms with Crippen LogP contribution in [0.25, 0.3) is 0 Å². The van der Waals surface area contributed by atoms with E-state index < -0.39 is 0 Å². The van der Waals surface area contributed by atoms with Gasteiger partial charge < -0.3 is 10.3 Å². The standard InChI is InChI=1S/C3H4N2.C2H7N.2BrH/c1-2-5-3-4-1;1-3-2;;/h1-3H,(H,4,5);3H,1-2H3;2*1H. The Morgan fingerprint density at radius 2 is 1.80 bits per heavy atom. The molecule has 0 unspecified atom stereocenters. The Morgan fingerprint density at radius 3 is 1.90 bits per heavy atom. The second kappa shape index (κ2) is 16.1. The first kappa shape index (κ1) is 16.6. The summed E-state index contributed by atoms with van der Waals surface area (Å²) in [4.78, 5) is 6.42. The molecular formula is C5H13Br2N3. The first-order valence-electron chi connectivity index (χ1n) is 2.43. The number of imidazole rings is 1. The zero-order valence-electron chi connectivity index (χ0n) is 6.00. The van der Waals surface area contributed by atoms with Crippen LogP contribution in [0.3, 0.4) is 0 Å². The van der Waals surface area contributed by atoms with Gasteiger partial charge in [0.25, 0.3) is 0 Å². The summed E-state index contributed by atoms with van der Waals surface area (Å²) in [6.45, 7) is 0. The molecule has 0 saturated heterocycles. The molecule has 10 heavy (non-hydrogen) atoms. The third-order valence-electron chi connectivity index (χ3n) is 0.406. The molecule has 1 aromatic rings. The lowest BCUT2D eigenvalue weighted by Crippen LogP contribution is -1.89. The first-order valence-corrected chi connectivity index (χ1v) is 2.43. The monoisotopic (exact) mass is 273 g/mol. The quantitative estimate of drug-likeness (QED) is 0.751. The summed E-state index contributed by atoms with van der Waals surface area (Å²) in [5.74, 6) is 0. The van der Waals surface area contributed by atoms with Crippen LogP contribution in [-0.4, -0.2) is 24.1 Å². The average Bonchev–Trinajstić information content (AvgIpc) is 2.17. The largest absolute Gasteiger partial charge is 0.351 e. The van der Waals surface area contributed by atoms with Crippen molar-refractivity contribution < 1.29 is 0 Å². The number of nitrogens with one attached hydrogen (secondary N) is 2. The predicted molar refractivity (Wildman–Crippen MR) is 54.2 cm³/mol. The van der Waals surface area contributed by atoms with Crippen molar-refractivity contribution in [3.63, 3.8) is 0 Å². The van der Waals surface area contributed by atoms with Gasteiger partial charge in [-0.2, -0.15) is 0 Å². The van der Waals surface area contributed by atoms with Gasteiger partial charge in [-0.25, -0.2) is 4.98 Å². The number of nitrogens with zero attached hydrogens (tertiary/aromatic N) is 1. The van der Waals surface area contributed by atoms with Crippen LogP contribution in [0.2, 0.25) is 0 Å². The summed E-state index contributed by atoms with van der Waals surface area (Å²) in [7, 11) is 3.75. The highest BCUT2D eigenvalue weighted by Gasteiger charge is 1.56. The first-order chi connectivity index (χ1) is 3.91. The summed E-state index contributed by atoms with van der Waals surface area (Å²) in [6, 6.07) is 0. The van der Waals surface area contributed by atoms with E-state index in [0.717, 1.165) is 0 Å². The van der Waals surface area contributed by atoms with Crippen molar-refractivity contribution >= 4 is 34.0 Å². The van der Waals surface area contributed by atoms with E-state index in [9.17, 15) is 0 Å². The van der Waals surface area contributed by atoms with Gasteiger partial charge >= 0.3 is 0 Å². The molecule has 0 atom stereocenters. The molecule has 0 aliphatic heterocycles. The second-order valence-electron chi connectivity index (χ2n) is 1.26. The molecule has 1 aromatic heterocycles. The van der Waals surface area contributed by atoms with Crippen LogP contribution in [0.5, 0.6) is 0 Å². The summed E-state index contributed by atoms with van der Waals surface area (Å²) >= 11 is 0. The maximum Gasteiger partial charge on any atom is 0.0919 e.